The summed E-state index contributed by atoms with van der Waals surface area (Å²) in [6.07, 6.45) is 1.81. The molecule has 1 heterocycles. The number of rotatable bonds is 9. The van der Waals surface area contributed by atoms with Crippen LogP contribution < -0.4 is 14.2 Å². The number of halogens is 1. The lowest BCUT2D eigenvalue weighted by atomic mass is 10.2. The van der Waals surface area contributed by atoms with Crippen LogP contribution in [0, 0.1) is 3.57 Å². The molecule has 1 amide bonds. The summed E-state index contributed by atoms with van der Waals surface area (Å²) >= 11 is 3.43. The van der Waals surface area contributed by atoms with Crippen molar-refractivity contribution in [3.8, 4) is 17.2 Å². The molecule has 1 saturated heterocycles. The van der Waals surface area contributed by atoms with Gasteiger partial charge in [-0.15, -0.1) is 0 Å². The van der Waals surface area contributed by atoms with E-state index in [0.717, 1.165) is 20.6 Å². The average molecular weight is 596 g/mol. The van der Waals surface area contributed by atoms with Crippen LogP contribution in [0.5, 0.6) is 17.2 Å². The lowest BCUT2D eigenvalue weighted by molar-refractivity contribution is -0.143. The molecule has 2 aromatic rings. The van der Waals surface area contributed by atoms with Gasteiger partial charge in [0.1, 0.15) is 5.75 Å². The summed E-state index contributed by atoms with van der Waals surface area (Å²) in [5.74, 6) is 1.09. The van der Waals surface area contributed by atoms with Crippen LogP contribution in [0.25, 0.3) is 6.08 Å². The van der Waals surface area contributed by atoms with Gasteiger partial charge in [-0.05, 0) is 96.2 Å². The number of thioether (sulfide) groups is 1. The predicted octanol–water partition coefficient (Wildman–Crippen LogP) is 4.87. The fourth-order valence-corrected chi connectivity index (χ4v) is 4.90. The normalized spacial score (nSPS) is 15.7. The summed E-state index contributed by atoms with van der Waals surface area (Å²) in [6.45, 7) is 4.47. The number of hydrogen-bond acceptors (Lipinski definition) is 8. The fraction of sp³-hybridized carbons (Fsp3) is 0.292. The van der Waals surface area contributed by atoms with Gasteiger partial charge in [0, 0.05) is 6.54 Å². The molecule has 1 fully saturated rings. The van der Waals surface area contributed by atoms with E-state index in [4.69, 9.17) is 14.2 Å². The number of aliphatic imine (C=N–C) groups is 1. The average Bonchev–Trinajstić information content (AvgIpc) is 3.12. The molecular weight excluding hydrogens is 571 g/mol. The maximum absolute atomic E-state index is 13.0. The maximum atomic E-state index is 13.0. The number of amidine groups is 1. The first-order chi connectivity index (χ1) is 16.4. The number of nitrogens with zero attached hydrogens (tertiary/aromatic N) is 2. The molecule has 1 aliphatic rings. The van der Waals surface area contributed by atoms with Gasteiger partial charge in [-0.25, -0.2) is 9.79 Å². The highest BCUT2D eigenvalue weighted by atomic mass is 127. The third kappa shape index (κ3) is 6.23. The van der Waals surface area contributed by atoms with Gasteiger partial charge in [0.05, 0.1) is 35.0 Å². The van der Waals surface area contributed by atoms with Gasteiger partial charge in [0.25, 0.3) is 5.91 Å². The molecule has 180 valence electrons. The Kier molecular flexibility index (Phi) is 9.22. The van der Waals surface area contributed by atoms with Crippen molar-refractivity contribution in [3.63, 3.8) is 0 Å². The molecule has 0 unspecified atom stereocenters. The minimum atomic E-state index is -0.485. The molecule has 1 aliphatic heterocycles. The van der Waals surface area contributed by atoms with E-state index in [9.17, 15) is 9.59 Å². The second kappa shape index (κ2) is 12.1. The molecule has 0 aliphatic carbocycles. The Balaban J connectivity index is 1.90. The molecule has 10 heteroatoms. The van der Waals surface area contributed by atoms with Crippen LogP contribution in [0.3, 0.4) is 0 Å². The van der Waals surface area contributed by atoms with Gasteiger partial charge in [0.15, 0.2) is 23.3 Å². The summed E-state index contributed by atoms with van der Waals surface area (Å²) in [4.78, 5) is 31.4. The SMILES string of the molecule is CCOc1cc(/C=C2/SC(=Nc3ccc(OC)cc3)N(CC)C2=O)cc(I)c1OCC(=O)OC. The van der Waals surface area contributed by atoms with E-state index in [1.165, 1.54) is 18.9 Å². The Morgan fingerprint density at radius 1 is 1.15 bits per heavy atom. The molecular formula is C24H25IN2O6S. The van der Waals surface area contributed by atoms with Crippen molar-refractivity contribution in [2.75, 3.05) is 34.0 Å². The minimum Gasteiger partial charge on any atom is -0.497 e. The van der Waals surface area contributed by atoms with Crippen molar-refractivity contribution in [2.45, 2.75) is 13.8 Å². The quantitative estimate of drug-likeness (QED) is 0.232. The Labute approximate surface area is 216 Å². The summed E-state index contributed by atoms with van der Waals surface area (Å²) in [5, 5.41) is 0.613. The molecule has 0 aromatic heterocycles. The van der Waals surface area contributed by atoms with Gasteiger partial charge in [-0.2, -0.15) is 0 Å². The monoisotopic (exact) mass is 596 g/mol. The first-order valence-electron chi connectivity index (χ1n) is 10.5. The lowest BCUT2D eigenvalue weighted by Gasteiger charge is -2.14. The van der Waals surface area contributed by atoms with Gasteiger partial charge in [-0.1, -0.05) is 0 Å². The fourth-order valence-electron chi connectivity index (χ4n) is 3.05. The molecule has 34 heavy (non-hydrogen) atoms. The van der Waals surface area contributed by atoms with E-state index in [1.54, 1.807) is 24.2 Å². The number of carbonyl (C=O) groups is 2. The zero-order chi connectivity index (χ0) is 24.7. The molecule has 0 saturated carbocycles. The second-order valence-corrected chi connectivity index (χ2v) is 9.05. The number of amides is 1. The topological polar surface area (TPSA) is 86.7 Å². The van der Waals surface area contributed by atoms with E-state index < -0.39 is 5.97 Å². The first-order valence-corrected chi connectivity index (χ1v) is 12.4. The highest BCUT2D eigenvalue weighted by molar-refractivity contribution is 14.1. The molecule has 3 rings (SSSR count). The van der Waals surface area contributed by atoms with E-state index in [-0.39, 0.29) is 12.5 Å². The van der Waals surface area contributed by atoms with Crippen LogP contribution in [0.15, 0.2) is 46.3 Å². The lowest BCUT2D eigenvalue weighted by Crippen LogP contribution is -2.28. The third-order valence-electron chi connectivity index (χ3n) is 4.69. The van der Waals surface area contributed by atoms with Crippen LogP contribution in [-0.4, -0.2) is 55.9 Å². The van der Waals surface area contributed by atoms with E-state index >= 15 is 0 Å². The van der Waals surface area contributed by atoms with Crippen molar-refractivity contribution >= 4 is 63.2 Å². The van der Waals surface area contributed by atoms with Gasteiger partial charge in [0.2, 0.25) is 0 Å². The highest BCUT2D eigenvalue weighted by Crippen LogP contribution is 2.38. The van der Waals surface area contributed by atoms with Crippen molar-refractivity contribution in [1.29, 1.82) is 0 Å². The van der Waals surface area contributed by atoms with Crippen LogP contribution in [0.4, 0.5) is 5.69 Å². The number of hydrogen-bond donors (Lipinski definition) is 0. The Morgan fingerprint density at radius 2 is 1.88 bits per heavy atom. The van der Waals surface area contributed by atoms with Gasteiger partial charge in [-0.3, -0.25) is 9.69 Å². The molecule has 0 spiro atoms. The number of carbonyl (C=O) groups excluding carboxylic acids is 2. The zero-order valence-corrected chi connectivity index (χ0v) is 22.3. The molecule has 0 N–H and O–H groups in total. The number of ether oxygens (including phenoxy) is 4. The van der Waals surface area contributed by atoms with E-state index in [2.05, 4.69) is 32.3 Å². The van der Waals surface area contributed by atoms with Gasteiger partial charge < -0.3 is 18.9 Å². The first kappa shape index (κ1) is 25.9. The van der Waals surface area contributed by atoms with E-state index in [0.29, 0.717) is 34.7 Å². The Hall–Kier alpha value is -2.73. The smallest absolute Gasteiger partial charge is 0.343 e. The number of likely N-dealkylation sites (N-methyl/N-ethyl adjacent to an activating group) is 1. The number of methoxy groups -OCH3 is 2. The maximum Gasteiger partial charge on any atom is 0.343 e. The van der Waals surface area contributed by atoms with Crippen molar-refractivity contribution < 1.29 is 28.5 Å². The zero-order valence-electron chi connectivity index (χ0n) is 19.3. The molecule has 2 aromatic carbocycles. The number of esters is 1. The van der Waals surface area contributed by atoms with Gasteiger partial charge >= 0.3 is 5.97 Å². The summed E-state index contributed by atoms with van der Waals surface area (Å²) in [7, 11) is 2.91. The standard InChI is InChI=1S/C24H25IN2O6S/c1-5-27-23(29)20(34-24(27)26-16-7-9-17(30-3)10-8-16)13-15-11-18(25)22(19(12-15)32-6-2)33-14-21(28)31-4/h7-13H,5-6,14H2,1-4H3/b20-13+,26-24?. The highest BCUT2D eigenvalue weighted by Gasteiger charge is 2.32. The van der Waals surface area contributed by atoms with E-state index in [1.807, 2.05) is 44.2 Å². The largest absolute Gasteiger partial charge is 0.497 e. The van der Waals surface area contributed by atoms with Crippen molar-refractivity contribution in [3.05, 3.63) is 50.4 Å². The second-order valence-electron chi connectivity index (χ2n) is 6.88. The van der Waals surface area contributed by atoms with Crippen molar-refractivity contribution in [2.24, 2.45) is 4.99 Å². The van der Waals surface area contributed by atoms with Crippen LogP contribution in [-0.2, 0) is 14.3 Å². The molecule has 0 atom stereocenters. The molecule has 0 radical (unpaired) electrons. The number of benzene rings is 2. The molecule has 0 bridgehead atoms. The molecule has 8 nitrogen and oxygen atoms in total. The summed E-state index contributed by atoms with van der Waals surface area (Å²) in [6, 6.07) is 11.0. The Morgan fingerprint density at radius 3 is 2.50 bits per heavy atom. The summed E-state index contributed by atoms with van der Waals surface area (Å²) in [5.41, 5.74) is 1.51. The van der Waals surface area contributed by atoms with Crippen LogP contribution in [0.2, 0.25) is 0 Å². The minimum absolute atomic E-state index is 0.112. The van der Waals surface area contributed by atoms with Crippen molar-refractivity contribution in [1.82, 2.24) is 4.90 Å². The van der Waals surface area contributed by atoms with Crippen LogP contribution in [0.1, 0.15) is 19.4 Å². The predicted molar refractivity (Wildman–Crippen MR) is 141 cm³/mol. The van der Waals surface area contributed by atoms with Crippen LogP contribution >= 0.6 is 34.4 Å². The Bertz CT molecular complexity index is 1120. The summed E-state index contributed by atoms with van der Waals surface area (Å²) < 4.78 is 21.9. The third-order valence-corrected chi connectivity index (χ3v) is 6.50.